The van der Waals surface area contributed by atoms with E-state index in [4.69, 9.17) is 5.84 Å². The summed E-state index contributed by atoms with van der Waals surface area (Å²) in [6.45, 7) is 6.47. The van der Waals surface area contributed by atoms with Gasteiger partial charge < -0.3 is 15.2 Å². The topological polar surface area (TPSA) is 87.4 Å². The van der Waals surface area contributed by atoms with Gasteiger partial charge in [0.05, 0.1) is 12.4 Å². The minimum absolute atomic E-state index is 0.0678. The van der Waals surface area contributed by atoms with Crippen molar-refractivity contribution in [2.24, 2.45) is 5.84 Å². The number of amides is 1. The van der Waals surface area contributed by atoms with Crippen LogP contribution in [0.25, 0.3) is 0 Å². The van der Waals surface area contributed by atoms with Gasteiger partial charge in [0.2, 0.25) is 0 Å². The van der Waals surface area contributed by atoms with Crippen molar-refractivity contribution in [3.8, 4) is 0 Å². The van der Waals surface area contributed by atoms with E-state index in [2.05, 4.69) is 27.2 Å². The Hall–Kier alpha value is -1.73. The SMILES string of the molecule is CCN1CCN(C(=O)c2cnc(NN)cn2)CC1. The van der Waals surface area contributed by atoms with E-state index < -0.39 is 0 Å². The van der Waals surface area contributed by atoms with Crippen molar-refractivity contribution in [3.63, 3.8) is 0 Å². The number of hydrogen-bond donors (Lipinski definition) is 2. The Bertz CT molecular complexity index is 398. The van der Waals surface area contributed by atoms with Crippen LogP contribution in [0.3, 0.4) is 0 Å². The average molecular weight is 250 g/mol. The van der Waals surface area contributed by atoms with Crippen LogP contribution in [0.5, 0.6) is 0 Å². The van der Waals surface area contributed by atoms with Crippen LogP contribution in [0.1, 0.15) is 17.4 Å². The summed E-state index contributed by atoms with van der Waals surface area (Å²) in [5.74, 6) is 5.57. The summed E-state index contributed by atoms with van der Waals surface area (Å²) in [6, 6.07) is 0. The quantitative estimate of drug-likeness (QED) is 0.557. The van der Waals surface area contributed by atoms with Gasteiger partial charge in [0.25, 0.3) is 5.91 Å². The molecule has 3 N–H and O–H groups in total. The molecule has 1 aliphatic rings. The maximum absolute atomic E-state index is 12.1. The van der Waals surface area contributed by atoms with Gasteiger partial charge in [0.1, 0.15) is 5.69 Å². The lowest BCUT2D eigenvalue weighted by molar-refractivity contribution is 0.0637. The van der Waals surface area contributed by atoms with E-state index in [9.17, 15) is 4.79 Å². The van der Waals surface area contributed by atoms with Crippen molar-refractivity contribution in [2.45, 2.75) is 6.92 Å². The number of piperazine rings is 1. The summed E-state index contributed by atoms with van der Waals surface area (Å²) < 4.78 is 0. The highest BCUT2D eigenvalue weighted by Crippen LogP contribution is 2.07. The number of aromatic nitrogens is 2. The number of nitrogens with one attached hydrogen (secondary N) is 1. The minimum atomic E-state index is -0.0678. The maximum Gasteiger partial charge on any atom is 0.274 e. The average Bonchev–Trinajstić information content (AvgIpc) is 2.47. The van der Waals surface area contributed by atoms with Gasteiger partial charge in [-0.15, -0.1) is 0 Å². The van der Waals surface area contributed by atoms with Gasteiger partial charge in [-0.1, -0.05) is 6.92 Å². The molecule has 98 valence electrons. The molecule has 1 aliphatic heterocycles. The summed E-state index contributed by atoms with van der Waals surface area (Å²) in [6.07, 6.45) is 2.90. The minimum Gasteiger partial charge on any atom is -0.335 e. The highest BCUT2D eigenvalue weighted by atomic mass is 16.2. The molecule has 2 rings (SSSR count). The Balaban J connectivity index is 1.98. The molecule has 2 heterocycles. The second kappa shape index (κ2) is 5.74. The molecule has 0 atom stereocenters. The predicted octanol–water partition coefficient (Wildman–Crippen LogP) is -0.460. The third-order valence-electron chi connectivity index (χ3n) is 3.13. The summed E-state index contributed by atoms with van der Waals surface area (Å²) in [5, 5.41) is 0. The normalized spacial score (nSPS) is 16.7. The molecule has 18 heavy (non-hydrogen) atoms. The van der Waals surface area contributed by atoms with Crippen LogP contribution in [0.2, 0.25) is 0 Å². The van der Waals surface area contributed by atoms with Gasteiger partial charge in [-0.25, -0.2) is 15.8 Å². The maximum atomic E-state index is 12.1. The second-order valence-electron chi connectivity index (χ2n) is 4.16. The van der Waals surface area contributed by atoms with Crippen molar-refractivity contribution in [1.29, 1.82) is 0 Å². The van der Waals surface area contributed by atoms with Crippen LogP contribution < -0.4 is 11.3 Å². The van der Waals surface area contributed by atoms with Crippen LogP contribution in [0.4, 0.5) is 5.82 Å². The molecule has 0 spiro atoms. The van der Waals surface area contributed by atoms with Gasteiger partial charge in [-0.3, -0.25) is 4.79 Å². The largest absolute Gasteiger partial charge is 0.335 e. The second-order valence-corrected chi connectivity index (χ2v) is 4.16. The number of rotatable bonds is 3. The summed E-state index contributed by atoms with van der Waals surface area (Å²) in [4.78, 5) is 24.3. The van der Waals surface area contributed by atoms with Crippen LogP contribution in [0, 0.1) is 0 Å². The molecule has 0 aliphatic carbocycles. The standard InChI is InChI=1S/C11H18N6O/c1-2-16-3-5-17(6-4-16)11(18)9-7-14-10(15-12)8-13-9/h7-8H,2-6,12H2,1H3,(H,14,15). The fourth-order valence-corrected chi connectivity index (χ4v) is 1.94. The van der Waals surface area contributed by atoms with E-state index in [1.807, 2.05) is 4.90 Å². The Morgan fingerprint density at radius 3 is 2.56 bits per heavy atom. The highest BCUT2D eigenvalue weighted by molar-refractivity contribution is 5.92. The molecule has 1 aromatic heterocycles. The van der Waals surface area contributed by atoms with Crippen molar-refractivity contribution in [3.05, 3.63) is 18.1 Å². The molecule has 7 nitrogen and oxygen atoms in total. The lowest BCUT2D eigenvalue weighted by Crippen LogP contribution is -2.48. The fraction of sp³-hybridized carbons (Fsp3) is 0.545. The van der Waals surface area contributed by atoms with E-state index in [1.54, 1.807) is 0 Å². The molecule has 0 bridgehead atoms. The smallest absolute Gasteiger partial charge is 0.274 e. The molecule has 1 fully saturated rings. The number of likely N-dealkylation sites (N-methyl/N-ethyl adjacent to an activating group) is 1. The Labute approximate surface area is 106 Å². The fourth-order valence-electron chi connectivity index (χ4n) is 1.94. The molecule has 7 heteroatoms. The molecular formula is C11H18N6O. The number of carbonyl (C=O) groups excluding carboxylic acids is 1. The summed E-state index contributed by atoms with van der Waals surface area (Å²) in [7, 11) is 0. The van der Waals surface area contributed by atoms with Crippen LogP contribution in [0.15, 0.2) is 12.4 Å². The predicted molar refractivity (Wildman–Crippen MR) is 67.9 cm³/mol. The van der Waals surface area contributed by atoms with Crippen molar-refractivity contribution < 1.29 is 4.79 Å². The third-order valence-corrected chi connectivity index (χ3v) is 3.13. The van der Waals surface area contributed by atoms with Crippen molar-refractivity contribution >= 4 is 11.7 Å². The monoisotopic (exact) mass is 250 g/mol. The molecule has 1 aromatic rings. The summed E-state index contributed by atoms with van der Waals surface area (Å²) in [5.41, 5.74) is 2.74. The van der Waals surface area contributed by atoms with E-state index >= 15 is 0 Å². The lowest BCUT2D eigenvalue weighted by Gasteiger charge is -2.33. The number of nitrogen functional groups attached to an aromatic ring is 1. The molecule has 0 aromatic carbocycles. The lowest BCUT2D eigenvalue weighted by atomic mass is 10.3. The van der Waals surface area contributed by atoms with Gasteiger partial charge in [-0.05, 0) is 6.54 Å². The van der Waals surface area contributed by atoms with Crippen molar-refractivity contribution in [1.82, 2.24) is 19.8 Å². The van der Waals surface area contributed by atoms with E-state index in [1.165, 1.54) is 12.4 Å². The van der Waals surface area contributed by atoms with E-state index in [-0.39, 0.29) is 5.91 Å². The molecule has 0 unspecified atom stereocenters. The first-order valence-corrected chi connectivity index (χ1v) is 6.05. The molecule has 0 saturated carbocycles. The first-order chi connectivity index (χ1) is 8.74. The zero-order valence-corrected chi connectivity index (χ0v) is 10.5. The first kappa shape index (κ1) is 12.7. The zero-order chi connectivity index (χ0) is 13.0. The Kier molecular flexibility index (Phi) is 4.06. The van der Waals surface area contributed by atoms with Crippen LogP contribution in [-0.2, 0) is 0 Å². The molecular weight excluding hydrogens is 232 g/mol. The number of hydrazine groups is 1. The number of nitrogens with two attached hydrogens (primary N) is 1. The van der Waals surface area contributed by atoms with E-state index in [0.29, 0.717) is 11.5 Å². The van der Waals surface area contributed by atoms with Crippen LogP contribution >= 0.6 is 0 Å². The highest BCUT2D eigenvalue weighted by Gasteiger charge is 2.22. The number of nitrogens with zero attached hydrogens (tertiary/aromatic N) is 4. The number of anilines is 1. The first-order valence-electron chi connectivity index (χ1n) is 6.05. The van der Waals surface area contributed by atoms with Gasteiger partial charge in [0, 0.05) is 26.2 Å². The van der Waals surface area contributed by atoms with E-state index in [0.717, 1.165) is 32.7 Å². The zero-order valence-electron chi connectivity index (χ0n) is 10.5. The third kappa shape index (κ3) is 2.74. The van der Waals surface area contributed by atoms with Gasteiger partial charge in [0.15, 0.2) is 5.82 Å². The number of carbonyl (C=O) groups is 1. The summed E-state index contributed by atoms with van der Waals surface area (Å²) >= 11 is 0. The molecule has 0 radical (unpaired) electrons. The molecule has 1 amide bonds. The number of hydrogen-bond acceptors (Lipinski definition) is 6. The Morgan fingerprint density at radius 2 is 2.06 bits per heavy atom. The van der Waals surface area contributed by atoms with Gasteiger partial charge in [-0.2, -0.15) is 0 Å². The Morgan fingerprint density at radius 1 is 1.33 bits per heavy atom. The van der Waals surface area contributed by atoms with Gasteiger partial charge >= 0.3 is 0 Å². The van der Waals surface area contributed by atoms with Crippen LogP contribution in [-0.4, -0.2) is 58.4 Å². The molecule has 1 saturated heterocycles. The van der Waals surface area contributed by atoms with Crippen molar-refractivity contribution in [2.75, 3.05) is 38.1 Å².